The van der Waals surface area contributed by atoms with E-state index in [1.54, 1.807) is 0 Å². The van der Waals surface area contributed by atoms with Crippen molar-refractivity contribution in [3.8, 4) is 0 Å². The van der Waals surface area contributed by atoms with Gasteiger partial charge >= 0.3 is 0 Å². The van der Waals surface area contributed by atoms with Crippen LogP contribution in [0.1, 0.15) is 46.5 Å². The van der Waals surface area contributed by atoms with Gasteiger partial charge < -0.3 is 10.2 Å². The second-order valence-corrected chi connectivity index (χ2v) is 6.97. The highest BCUT2D eigenvalue weighted by molar-refractivity contribution is 5.76. The van der Waals surface area contributed by atoms with Gasteiger partial charge in [-0.3, -0.25) is 4.79 Å². The van der Waals surface area contributed by atoms with Crippen molar-refractivity contribution in [1.29, 1.82) is 0 Å². The molecule has 0 bridgehead atoms. The van der Waals surface area contributed by atoms with Crippen molar-refractivity contribution in [1.82, 2.24) is 10.2 Å². The van der Waals surface area contributed by atoms with Crippen LogP contribution in [0.2, 0.25) is 0 Å². The number of nitrogens with one attached hydrogen (secondary N) is 1. The highest BCUT2D eigenvalue weighted by Gasteiger charge is 2.25. The molecule has 3 heteroatoms. The lowest BCUT2D eigenvalue weighted by Gasteiger charge is -2.33. The van der Waals surface area contributed by atoms with E-state index in [-0.39, 0.29) is 5.41 Å². The molecule has 0 aromatic rings. The van der Waals surface area contributed by atoms with Gasteiger partial charge in [0.25, 0.3) is 0 Å². The Balaban J connectivity index is 1.83. The normalized spacial score (nSPS) is 22.3. The minimum absolute atomic E-state index is 0.254. The van der Waals surface area contributed by atoms with E-state index in [0.717, 1.165) is 51.9 Å². The van der Waals surface area contributed by atoms with Gasteiger partial charge in [0.2, 0.25) is 5.91 Å². The first-order valence-corrected chi connectivity index (χ1v) is 7.65. The Morgan fingerprint density at radius 3 is 2.58 bits per heavy atom. The minimum atomic E-state index is 0.254. The van der Waals surface area contributed by atoms with Crippen LogP contribution in [0.25, 0.3) is 0 Å². The fourth-order valence-electron chi connectivity index (χ4n) is 3.04. The summed E-state index contributed by atoms with van der Waals surface area (Å²) in [6.07, 6.45) is 6.37. The Hall–Kier alpha value is -0.830. The molecule has 0 aliphatic carbocycles. The molecule has 2 aliphatic heterocycles. The fraction of sp³-hybridized carbons (Fsp3) is 0.812. The van der Waals surface area contributed by atoms with Gasteiger partial charge in [0, 0.05) is 19.5 Å². The monoisotopic (exact) mass is 264 g/mol. The quantitative estimate of drug-likeness (QED) is 0.778. The van der Waals surface area contributed by atoms with E-state index >= 15 is 0 Å². The van der Waals surface area contributed by atoms with E-state index in [4.69, 9.17) is 0 Å². The summed E-state index contributed by atoms with van der Waals surface area (Å²) in [6.45, 7) is 10.6. The summed E-state index contributed by atoms with van der Waals surface area (Å²) in [5.74, 6) is 0.956. The van der Waals surface area contributed by atoms with Gasteiger partial charge in [-0.1, -0.05) is 32.4 Å². The minimum Gasteiger partial charge on any atom is -0.339 e. The van der Waals surface area contributed by atoms with Crippen molar-refractivity contribution in [2.45, 2.75) is 46.5 Å². The molecule has 2 rings (SSSR count). The van der Waals surface area contributed by atoms with E-state index in [9.17, 15) is 4.79 Å². The third-order valence-corrected chi connectivity index (χ3v) is 4.45. The Morgan fingerprint density at radius 2 is 2.05 bits per heavy atom. The SMILES string of the molecule is CC(C)(C)C1=CCN(C(=O)CC2CCNCC2)CC1. The summed E-state index contributed by atoms with van der Waals surface area (Å²) in [7, 11) is 0. The van der Waals surface area contributed by atoms with Gasteiger partial charge in [0.1, 0.15) is 0 Å². The van der Waals surface area contributed by atoms with Gasteiger partial charge in [0.15, 0.2) is 0 Å². The molecule has 108 valence electrons. The van der Waals surface area contributed by atoms with Crippen LogP contribution >= 0.6 is 0 Å². The molecule has 1 N–H and O–H groups in total. The number of hydrogen-bond donors (Lipinski definition) is 1. The summed E-state index contributed by atoms with van der Waals surface area (Å²) in [4.78, 5) is 14.3. The van der Waals surface area contributed by atoms with Gasteiger partial charge in [0.05, 0.1) is 0 Å². The molecule has 2 heterocycles. The Bertz CT molecular complexity index is 348. The molecule has 0 radical (unpaired) electrons. The molecule has 2 aliphatic rings. The summed E-state index contributed by atoms with van der Waals surface area (Å²) in [6, 6.07) is 0. The van der Waals surface area contributed by atoms with Gasteiger partial charge in [-0.2, -0.15) is 0 Å². The van der Waals surface area contributed by atoms with Crippen LogP contribution in [0.3, 0.4) is 0 Å². The maximum atomic E-state index is 12.3. The first-order chi connectivity index (χ1) is 8.97. The molecule has 19 heavy (non-hydrogen) atoms. The predicted octanol–water partition coefficient (Wildman–Crippen LogP) is 2.58. The second kappa shape index (κ2) is 6.08. The van der Waals surface area contributed by atoms with Crippen molar-refractivity contribution >= 4 is 5.91 Å². The Morgan fingerprint density at radius 1 is 1.37 bits per heavy atom. The van der Waals surface area contributed by atoms with Crippen LogP contribution in [0.4, 0.5) is 0 Å². The van der Waals surface area contributed by atoms with Gasteiger partial charge in [-0.25, -0.2) is 0 Å². The summed E-state index contributed by atoms with van der Waals surface area (Å²) < 4.78 is 0. The number of hydrogen-bond acceptors (Lipinski definition) is 2. The molecule has 0 aromatic carbocycles. The lowest BCUT2D eigenvalue weighted by molar-refractivity contribution is -0.132. The van der Waals surface area contributed by atoms with E-state index in [0.29, 0.717) is 11.8 Å². The largest absolute Gasteiger partial charge is 0.339 e. The standard InChI is InChI=1S/C16H28N2O/c1-16(2,3)14-6-10-18(11-7-14)15(19)12-13-4-8-17-9-5-13/h6,13,17H,4-5,7-12H2,1-3H3. The Labute approximate surface area is 117 Å². The van der Waals surface area contributed by atoms with Crippen molar-refractivity contribution in [3.63, 3.8) is 0 Å². The van der Waals surface area contributed by atoms with Crippen molar-refractivity contribution in [2.75, 3.05) is 26.2 Å². The topological polar surface area (TPSA) is 32.3 Å². The molecule has 1 fully saturated rings. The zero-order chi connectivity index (χ0) is 13.9. The van der Waals surface area contributed by atoms with Crippen molar-refractivity contribution in [2.24, 2.45) is 11.3 Å². The average molecular weight is 264 g/mol. The number of nitrogens with zero attached hydrogens (tertiary/aromatic N) is 1. The maximum absolute atomic E-state index is 12.3. The number of rotatable bonds is 2. The number of piperidine rings is 1. The number of amides is 1. The van der Waals surface area contributed by atoms with E-state index < -0.39 is 0 Å². The van der Waals surface area contributed by atoms with E-state index in [2.05, 4.69) is 32.2 Å². The van der Waals surface area contributed by atoms with Gasteiger partial charge in [-0.15, -0.1) is 0 Å². The maximum Gasteiger partial charge on any atom is 0.223 e. The fourth-order valence-corrected chi connectivity index (χ4v) is 3.04. The zero-order valence-electron chi connectivity index (χ0n) is 12.7. The predicted molar refractivity (Wildman–Crippen MR) is 78.9 cm³/mol. The molecule has 3 nitrogen and oxygen atoms in total. The molecule has 0 aromatic heterocycles. The number of carbonyl (C=O) groups is 1. The molecular formula is C16H28N2O. The van der Waals surface area contributed by atoms with E-state index in [1.807, 2.05) is 4.90 Å². The zero-order valence-corrected chi connectivity index (χ0v) is 12.7. The lowest BCUT2D eigenvalue weighted by atomic mass is 9.83. The summed E-state index contributed by atoms with van der Waals surface area (Å²) >= 11 is 0. The first kappa shape index (κ1) is 14.6. The average Bonchev–Trinajstić information content (AvgIpc) is 2.39. The molecule has 1 saturated heterocycles. The van der Waals surface area contributed by atoms with Crippen LogP contribution in [-0.4, -0.2) is 37.0 Å². The summed E-state index contributed by atoms with van der Waals surface area (Å²) in [5, 5.41) is 3.36. The van der Waals surface area contributed by atoms with Crippen molar-refractivity contribution in [3.05, 3.63) is 11.6 Å². The van der Waals surface area contributed by atoms with E-state index in [1.165, 1.54) is 5.57 Å². The number of carbonyl (C=O) groups excluding carboxylic acids is 1. The Kier molecular flexibility index (Phi) is 4.67. The third-order valence-electron chi connectivity index (χ3n) is 4.45. The lowest BCUT2D eigenvalue weighted by Crippen LogP contribution is -2.38. The molecule has 0 saturated carbocycles. The molecule has 1 amide bonds. The smallest absolute Gasteiger partial charge is 0.223 e. The van der Waals surface area contributed by atoms with Crippen LogP contribution < -0.4 is 5.32 Å². The second-order valence-electron chi connectivity index (χ2n) is 6.97. The molecule has 0 spiro atoms. The van der Waals surface area contributed by atoms with Crippen LogP contribution in [0.5, 0.6) is 0 Å². The summed E-state index contributed by atoms with van der Waals surface area (Å²) in [5.41, 5.74) is 1.75. The van der Waals surface area contributed by atoms with Gasteiger partial charge in [-0.05, 0) is 43.7 Å². The van der Waals surface area contributed by atoms with Crippen LogP contribution in [-0.2, 0) is 4.79 Å². The third kappa shape index (κ3) is 4.07. The first-order valence-electron chi connectivity index (χ1n) is 7.65. The molecule has 0 atom stereocenters. The highest BCUT2D eigenvalue weighted by Crippen LogP contribution is 2.30. The molecule has 0 unspecified atom stereocenters. The molecular weight excluding hydrogens is 236 g/mol. The highest BCUT2D eigenvalue weighted by atomic mass is 16.2. The van der Waals surface area contributed by atoms with Crippen LogP contribution in [0, 0.1) is 11.3 Å². The van der Waals surface area contributed by atoms with Crippen LogP contribution in [0.15, 0.2) is 11.6 Å². The van der Waals surface area contributed by atoms with Crippen molar-refractivity contribution < 1.29 is 4.79 Å².